The van der Waals surface area contributed by atoms with E-state index in [2.05, 4.69) is 22.9 Å². The maximum atomic E-state index is 11.3. The van der Waals surface area contributed by atoms with Gasteiger partial charge in [0.2, 0.25) is 0 Å². The summed E-state index contributed by atoms with van der Waals surface area (Å²) in [6, 6.07) is 8.96. The Kier molecular flexibility index (Phi) is 4.56. The Balaban J connectivity index is 2.28. The monoisotopic (exact) mass is 223 g/mol. The van der Waals surface area contributed by atoms with E-state index in [4.69, 9.17) is 5.73 Å². The van der Waals surface area contributed by atoms with E-state index in [9.17, 15) is 4.79 Å². The predicted octanol–water partition coefficient (Wildman–Crippen LogP) is 1.48. The van der Waals surface area contributed by atoms with Crippen molar-refractivity contribution in [2.24, 2.45) is 5.73 Å². The summed E-state index contributed by atoms with van der Waals surface area (Å²) in [6.07, 6.45) is 0.511. The molecule has 0 aliphatic carbocycles. The first kappa shape index (κ1) is 11.5. The summed E-state index contributed by atoms with van der Waals surface area (Å²) in [7, 11) is 0. The molecule has 0 radical (unpaired) electrons. The minimum Gasteiger partial charge on any atom is -0.393 e. The van der Waals surface area contributed by atoms with Gasteiger partial charge in [-0.2, -0.15) is 0 Å². The van der Waals surface area contributed by atoms with Crippen molar-refractivity contribution in [1.29, 1.82) is 0 Å². The van der Waals surface area contributed by atoms with Crippen LogP contribution in [0.15, 0.2) is 30.3 Å². The number of carbonyl (C=O) groups excluding carboxylic acids is 1. The summed E-state index contributed by atoms with van der Waals surface area (Å²) in [5.74, 6) is 0. The van der Waals surface area contributed by atoms with Crippen molar-refractivity contribution in [1.82, 2.24) is 5.32 Å². The van der Waals surface area contributed by atoms with Crippen LogP contribution in [0.4, 0.5) is 10.5 Å². The van der Waals surface area contributed by atoms with E-state index in [1.165, 1.54) is 0 Å². The van der Waals surface area contributed by atoms with Crippen molar-refractivity contribution in [3.05, 3.63) is 30.3 Å². The van der Waals surface area contributed by atoms with E-state index in [1.54, 1.807) is 0 Å². The molecule has 4 nitrogen and oxygen atoms in total. The maximum Gasteiger partial charge on any atom is 0.319 e. The number of anilines is 1. The van der Waals surface area contributed by atoms with Crippen LogP contribution in [0.5, 0.6) is 0 Å². The quantitative estimate of drug-likeness (QED) is 0.677. The Hall–Kier alpha value is -1.62. The van der Waals surface area contributed by atoms with Crippen molar-refractivity contribution in [2.75, 3.05) is 11.9 Å². The van der Waals surface area contributed by atoms with Crippen LogP contribution in [0.2, 0.25) is 0 Å². The molecule has 0 aliphatic rings. The smallest absolute Gasteiger partial charge is 0.319 e. The molecular weight excluding hydrogens is 210 g/mol. The fourth-order valence-electron chi connectivity index (χ4n) is 0.996. The van der Waals surface area contributed by atoms with Gasteiger partial charge >= 0.3 is 6.03 Å². The molecule has 0 heterocycles. The number of hydrogen-bond acceptors (Lipinski definition) is 2. The van der Waals surface area contributed by atoms with Gasteiger partial charge in [-0.25, -0.2) is 4.79 Å². The highest BCUT2D eigenvalue weighted by molar-refractivity contribution is 7.80. The minimum atomic E-state index is -0.252. The molecule has 15 heavy (non-hydrogen) atoms. The van der Waals surface area contributed by atoms with Gasteiger partial charge in [0.05, 0.1) is 4.99 Å². The third-order valence-electron chi connectivity index (χ3n) is 1.69. The molecule has 0 aliphatic heterocycles. The second-order valence-electron chi connectivity index (χ2n) is 2.96. The number of nitrogens with two attached hydrogens (primary N) is 1. The van der Waals surface area contributed by atoms with E-state index >= 15 is 0 Å². The lowest BCUT2D eigenvalue weighted by molar-refractivity contribution is 0.252. The Morgan fingerprint density at radius 2 is 2.00 bits per heavy atom. The molecule has 0 atom stereocenters. The van der Waals surface area contributed by atoms with Crippen LogP contribution in [0.1, 0.15) is 6.42 Å². The number of urea groups is 1. The first-order chi connectivity index (χ1) is 7.18. The van der Waals surface area contributed by atoms with Crippen molar-refractivity contribution >= 4 is 28.9 Å². The summed E-state index contributed by atoms with van der Waals surface area (Å²) in [4.78, 5) is 11.7. The summed E-state index contributed by atoms with van der Waals surface area (Å²) >= 11 is 4.68. The maximum absolute atomic E-state index is 11.3. The fraction of sp³-hybridized carbons (Fsp3) is 0.200. The number of thiocarbonyl (C=S) groups is 1. The van der Waals surface area contributed by atoms with Crippen LogP contribution in [0, 0.1) is 0 Å². The molecule has 2 amide bonds. The Bertz CT molecular complexity index is 340. The summed E-state index contributed by atoms with van der Waals surface area (Å²) < 4.78 is 0. The highest BCUT2D eigenvalue weighted by atomic mass is 32.1. The van der Waals surface area contributed by atoms with Gasteiger partial charge < -0.3 is 16.4 Å². The average Bonchev–Trinajstić information content (AvgIpc) is 2.18. The summed E-state index contributed by atoms with van der Waals surface area (Å²) in [5, 5.41) is 5.33. The number of benzene rings is 1. The average molecular weight is 223 g/mol. The van der Waals surface area contributed by atoms with Crippen molar-refractivity contribution < 1.29 is 4.79 Å². The molecule has 0 saturated heterocycles. The molecule has 0 unspecified atom stereocenters. The normalized spacial score (nSPS) is 9.33. The molecule has 0 spiro atoms. The standard InChI is InChI=1S/C10H13N3OS/c11-9(15)6-7-12-10(14)13-8-4-2-1-3-5-8/h1-5H,6-7H2,(H2,11,15)(H2,12,13,14). The number of para-hydroxylation sites is 1. The molecule has 0 fully saturated rings. The number of amides is 2. The fourth-order valence-corrected chi connectivity index (χ4v) is 1.10. The minimum absolute atomic E-state index is 0.252. The van der Waals surface area contributed by atoms with Crippen LogP contribution < -0.4 is 16.4 Å². The highest BCUT2D eigenvalue weighted by Crippen LogP contribution is 2.03. The van der Waals surface area contributed by atoms with E-state index < -0.39 is 0 Å². The molecule has 1 aromatic rings. The Morgan fingerprint density at radius 3 is 2.60 bits per heavy atom. The van der Waals surface area contributed by atoms with Gasteiger partial charge in [0.15, 0.2) is 0 Å². The topological polar surface area (TPSA) is 67.1 Å². The van der Waals surface area contributed by atoms with Gasteiger partial charge in [0.25, 0.3) is 0 Å². The first-order valence-corrected chi connectivity index (χ1v) is 4.97. The van der Waals surface area contributed by atoms with E-state index in [1.807, 2.05) is 30.3 Å². The van der Waals surface area contributed by atoms with Crippen LogP contribution in [0.25, 0.3) is 0 Å². The zero-order chi connectivity index (χ0) is 11.1. The first-order valence-electron chi connectivity index (χ1n) is 4.56. The Labute approximate surface area is 93.9 Å². The van der Waals surface area contributed by atoms with Crippen LogP contribution >= 0.6 is 12.2 Å². The van der Waals surface area contributed by atoms with Gasteiger partial charge in [-0.1, -0.05) is 30.4 Å². The summed E-state index contributed by atoms with van der Waals surface area (Å²) in [5.41, 5.74) is 6.05. The second kappa shape index (κ2) is 5.98. The third kappa shape index (κ3) is 4.97. The SMILES string of the molecule is NC(=S)CCNC(=O)Nc1ccccc1. The second-order valence-corrected chi connectivity index (χ2v) is 3.49. The highest BCUT2D eigenvalue weighted by Gasteiger charge is 1.99. The molecule has 80 valence electrons. The van der Waals surface area contributed by atoms with Gasteiger partial charge in [-0.3, -0.25) is 0 Å². The number of carbonyl (C=O) groups is 1. The lowest BCUT2D eigenvalue weighted by Crippen LogP contribution is -2.31. The van der Waals surface area contributed by atoms with Crippen LogP contribution in [-0.4, -0.2) is 17.6 Å². The lowest BCUT2D eigenvalue weighted by Gasteiger charge is -2.06. The van der Waals surface area contributed by atoms with Gasteiger partial charge in [0, 0.05) is 18.7 Å². The number of nitrogens with one attached hydrogen (secondary N) is 2. The van der Waals surface area contributed by atoms with Gasteiger partial charge in [0.1, 0.15) is 0 Å². The van der Waals surface area contributed by atoms with Crippen molar-refractivity contribution in [2.45, 2.75) is 6.42 Å². The molecule has 0 saturated carbocycles. The Morgan fingerprint density at radius 1 is 1.33 bits per heavy atom. The van der Waals surface area contributed by atoms with Gasteiger partial charge in [-0.15, -0.1) is 0 Å². The summed E-state index contributed by atoms with van der Waals surface area (Å²) in [6.45, 7) is 0.452. The predicted molar refractivity (Wildman–Crippen MR) is 64.9 cm³/mol. The molecule has 0 bridgehead atoms. The molecular formula is C10H13N3OS. The molecule has 1 aromatic carbocycles. The number of hydrogen-bond donors (Lipinski definition) is 3. The molecule has 0 aromatic heterocycles. The van der Waals surface area contributed by atoms with E-state index in [-0.39, 0.29) is 6.03 Å². The third-order valence-corrected chi connectivity index (χ3v) is 1.89. The number of rotatable bonds is 4. The van der Waals surface area contributed by atoms with Crippen molar-refractivity contribution in [3.63, 3.8) is 0 Å². The van der Waals surface area contributed by atoms with Crippen LogP contribution in [-0.2, 0) is 0 Å². The van der Waals surface area contributed by atoms with Gasteiger partial charge in [-0.05, 0) is 12.1 Å². The molecule has 4 N–H and O–H groups in total. The van der Waals surface area contributed by atoms with Crippen LogP contribution in [0.3, 0.4) is 0 Å². The molecule has 1 rings (SSSR count). The zero-order valence-corrected chi connectivity index (χ0v) is 9.01. The van der Waals surface area contributed by atoms with E-state index in [0.29, 0.717) is 18.0 Å². The van der Waals surface area contributed by atoms with E-state index in [0.717, 1.165) is 5.69 Å². The molecule has 5 heteroatoms. The largest absolute Gasteiger partial charge is 0.393 e. The van der Waals surface area contributed by atoms with Crippen molar-refractivity contribution in [3.8, 4) is 0 Å². The zero-order valence-electron chi connectivity index (χ0n) is 8.19. The lowest BCUT2D eigenvalue weighted by atomic mass is 10.3.